The minimum Gasteiger partial charge on any atom is -0.497 e. The molecule has 74 valence electrons. The molecule has 0 heterocycles. The van der Waals surface area contributed by atoms with Gasteiger partial charge in [0.25, 0.3) is 0 Å². The van der Waals surface area contributed by atoms with E-state index in [9.17, 15) is 4.79 Å². The van der Waals surface area contributed by atoms with Gasteiger partial charge in [0, 0.05) is 5.57 Å². The lowest BCUT2D eigenvalue weighted by Crippen LogP contribution is -1.86. The second-order valence-corrected chi connectivity index (χ2v) is 3.22. The normalized spacial score (nSPS) is 11.9. The molecule has 2 nitrogen and oxygen atoms in total. The summed E-state index contributed by atoms with van der Waals surface area (Å²) in [5, 5.41) is 0.475. The minimum absolute atomic E-state index is 0.475. The van der Waals surface area contributed by atoms with Gasteiger partial charge >= 0.3 is 0 Å². The number of hydrogen-bond acceptors (Lipinski definition) is 2. The summed E-state index contributed by atoms with van der Waals surface area (Å²) in [7, 11) is 1.60. The van der Waals surface area contributed by atoms with Gasteiger partial charge in [-0.05, 0) is 36.8 Å². The van der Waals surface area contributed by atoms with Crippen molar-refractivity contribution in [3.05, 3.63) is 35.4 Å². The molecule has 3 heteroatoms. The van der Waals surface area contributed by atoms with Crippen LogP contribution in [0.4, 0.5) is 0 Å². The number of hydrogen-bond donors (Lipinski definition) is 0. The van der Waals surface area contributed by atoms with Crippen LogP contribution < -0.4 is 4.74 Å². The van der Waals surface area contributed by atoms with E-state index in [0.29, 0.717) is 10.6 Å². The van der Waals surface area contributed by atoms with E-state index >= 15 is 0 Å². The fourth-order valence-electron chi connectivity index (χ4n) is 1.02. The lowest BCUT2D eigenvalue weighted by molar-refractivity contribution is -0.104. The van der Waals surface area contributed by atoms with Crippen molar-refractivity contribution < 1.29 is 9.53 Å². The van der Waals surface area contributed by atoms with Crippen LogP contribution in [0.1, 0.15) is 12.5 Å². The van der Waals surface area contributed by atoms with Gasteiger partial charge in [0.2, 0.25) is 0 Å². The van der Waals surface area contributed by atoms with Crippen molar-refractivity contribution in [3.8, 4) is 5.75 Å². The molecule has 0 saturated heterocycles. The first-order chi connectivity index (χ1) is 6.69. The van der Waals surface area contributed by atoms with E-state index < -0.39 is 0 Å². The van der Waals surface area contributed by atoms with Crippen LogP contribution in [0, 0.1) is 0 Å². The van der Waals surface area contributed by atoms with Gasteiger partial charge in [0.1, 0.15) is 12.0 Å². The molecule has 1 aromatic rings. The Morgan fingerprint density at radius 1 is 1.36 bits per heavy atom. The third-order valence-electron chi connectivity index (χ3n) is 1.87. The first-order valence-corrected chi connectivity index (χ1v) is 4.53. The van der Waals surface area contributed by atoms with E-state index in [1.807, 2.05) is 12.1 Å². The van der Waals surface area contributed by atoms with Crippen LogP contribution in [0.5, 0.6) is 5.75 Å². The number of carbonyl (C=O) groups is 1. The Bertz CT molecular complexity index is 352. The van der Waals surface area contributed by atoms with Crippen LogP contribution in [-0.4, -0.2) is 13.4 Å². The summed E-state index contributed by atoms with van der Waals surface area (Å²) >= 11 is 5.96. The third kappa shape index (κ3) is 2.36. The van der Waals surface area contributed by atoms with Crippen molar-refractivity contribution in [2.45, 2.75) is 6.92 Å². The quantitative estimate of drug-likeness (QED) is 0.567. The lowest BCUT2D eigenvalue weighted by atomic mass is 10.1. The molecule has 0 radical (unpaired) electrons. The summed E-state index contributed by atoms with van der Waals surface area (Å²) < 4.78 is 5.01. The Morgan fingerprint density at radius 2 is 1.93 bits per heavy atom. The maximum absolute atomic E-state index is 10.5. The highest BCUT2D eigenvalue weighted by atomic mass is 35.5. The Kier molecular flexibility index (Phi) is 3.72. The van der Waals surface area contributed by atoms with Crippen LogP contribution in [0.3, 0.4) is 0 Å². The number of ether oxygens (including phenoxy) is 1. The smallest absolute Gasteiger partial charge is 0.147 e. The topological polar surface area (TPSA) is 26.3 Å². The number of rotatable bonds is 3. The number of carbonyl (C=O) groups excluding carboxylic acids is 1. The van der Waals surface area contributed by atoms with E-state index in [-0.39, 0.29) is 0 Å². The number of methoxy groups -OCH3 is 1. The SMILES string of the molecule is COc1ccc(C(Cl)=C(C)C=O)cc1. The monoisotopic (exact) mass is 210 g/mol. The molecule has 0 spiro atoms. The summed E-state index contributed by atoms with van der Waals surface area (Å²) in [6.45, 7) is 1.68. The number of allylic oxidation sites excluding steroid dienone is 1. The zero-order valence-electron chi connectivity index (χ0n) is 8.08. The second kappa shape index (κ2) is 4.82. The lowest BCUT2D eigenvalue weighted by Gasteiger charge is -2.03. The minimum atomic E-state index is 0.475. The summed E-state index contributed by atoms with van der Waals surface area (Å²) in [5.74, 6) is 0.766. The maximum atomic E-state index is 10.5. The molecule has 0 aliphatic carbocycles. The molecule has 1 aromatic carbocycles. The standard InChI is InChI=1S/C11H11ClO2/c1-8(7-13)11(12)9-3-5-10(14-2)6-4-9/h3-7H,1-2H3. The Labute approximate surface area is 88.1 Å². The average Bonchev–Trinajstić information content (AvgIpc) is 2.27. The highest BCUT2D eigenvalue weighted by Crippen LogP contribution is 2.23. The maximum Gasteiger partial charge on any atom is 0.147 e. The number of benzene rings is 1. The average molecular weight is 211 g/mol. The zero-order chi connectivity index (χ0) is 10.6. The molecular weight excluding hydrogens is 200 g/mol. The molecular formula is C11H11ClO2. The first-order valence-electron chi connectivity index (χ1n) is 4.15. The van der Waals surface area contributed by atoms with Gasteiger partial charge < -0.3 is 4.74 Å². The van der Waals surface area contributed by atoms with Crippen molar-refractivity contribution in [1.29, 1.82) is 0 Å². The molecule has 0 unspecified atom stereocenters. The fourth-order valence-corrected chi connectivity index (χ4v) is 1.19. The third-order valence-corrected chi connectivity index (χ3v) is 2.38. The van der Waals surface area contributed by atoms with Gasteiger partial charge in [-0.3, -0.25) is 4.79 Å². The van der Waals surface area contributed by atoms with Gasteiger partial charge in [-0.1, -0.05) is 11.6 Å². The van der Waals surface area contributed by atoms with Gasteiger partial charge in [-0.15, -0.1) is 0 Å². The van der Waals surface area contributed by atoms with E-state index in [1.54, 1.807) is 26.2 Å². The predicted octanol–water partition coefficient (Wildman–Crippen LogP) is 2.86. The van der Waals surface area contributed by atoms with Gasteiger partial charge in [0.15, 0.2) is 0 Å². The summed E-state index contributed by atoms with van der Waals surface area (Å²) in [6, 6.07) is 7.23. The van der Waals surface area contributed by atoms with Crippen molar-refractivity contribution in [1.82, 2.24) is 0 Å². The first kappa shape index (κ1) is 10.8. The van der Waals surface area contributed by atoms with Crippen LogP contribution >= 0.6 is 11.6 Å². The van der Waals surface area contributed by atoms with Gasteiger partial charge in [0.05, 0.1) is 12.1 Å². The molecule has 0 saturated carbocycles. The zero-order valence-corrected chi connectivity index (χ0v) is 8.84. The Morgan fingerprint density at radius 3 is 2.36 bits per heavy atom. The Balaban J connectivity index is 3.03. The van der Waals surface area contributed by atoms with E-state index in [4.69, 9.17) is 16.3 Å². The van der Waals surface area contributed by atoms with Crippen LogP contribution in [0.25, 0.3) is 5.03 Å². The van der Waals surface area contributed by atoms with Crippen molar-refractivity contribution in [3.63, 3.8) is 0 Å². The molecule has 0 aliphatic rings. The van der Waals surface area contributed by atoms with E-state index in [1.165, 1.54) is 0 Å². The van der Waals surface area contributed by atoms with Crippen molar-refractivity contribution in [2.75, 3.05) is 7.11 Å². The van der Waals surface area contributed by atoms with Crippen molar-refractivity contribution >= 4 is 22.9 Å². The fraction of sp³-hybridized carbons (Fsp3) is 0.182. The largest absolute Gasteiger partial charge is 0.497 e. The Hall–Kier alpha value is -1.28. The molecule has 0 bridgehead atoms. The molecule has 14 heavy (non-hydrogen) atoms. The molecule has 1 rings (SSSR count). The predicted molar refractivity (Wildman–Crippen MR) is 57.5 cm³/mol. The summed E-state index contributed by atoms with van der Waals surface area (Å²) in [6.07, 6.45) is 0.743. The van der Waals surface area contributed by atoms with Gasteiger partial charge in [-0.25, -0.2) is 0 Å². The van der Waals surface area contributed by atoms with Crippen LogP contribution in [-0.2, 0) is 4.79 Å². The van der Waals surface area contributed by atoms with E-state index in [0.717, 1.165) is 17.6 Å². The molecule has 0 aliphatic heterocycles. The molecule has 0 amide bonds. The molecule has 0 atom stereocenters. The van der Waals surface area contributed by atoms with Crippen LogP contribution in [0.15, 0.2) is 29.8 Å². The summed E-state index contributed by atoms with van der Waals surface area (Å²) in [5.41, 5.74) is 1.34. The van der Waals surface area contributed by atoms with Crippen molar-refractivity contribution in [2.24, 2.45) is 0 Å². The second-order valence-electron chi connectivity index (χ2n) is 2.84. The highest BCUT2D eigenvalue weighted by molar-refractivity contribution is 6.50. The highest BCUT2D eigenvalue weighted by Gasteiger charge is 2.02. The number of aldehydes is 1. The number of halogens is 1. The van der Waals surface area contributed by atoms with E-state index in [2.05, 4.69) is 0 Å². The van der Waals surface area contributed by atoms with Crippen LogP contribution in [0.2, 0.25) is 0 Å². The summed E-state index contributed by atoms with van der Waals surface area (Å²) in [4.78, 5) is 10.5. The molecule has 0 fully saturated rings. The molecule has 0 N–H and O–H groups in total. The van der Waals surface area contributed by atoms with Gasteiger partial charge in [-0.2, -0.15) is 0 Å². The molecule has 0 aromatic heterocycles.